The van der Waals surface area contributed by atoms with Crippen molar-refractivity contribution < 1.29 is 26.0 Å². The van der Waals surface area contributed by atoms with Gasteiger partial charge in [0.15, 0.2) is 9.84 Å². The summed E-state index contributed by atoms with van der Waals surface area (Å²) in [6.45, 7) is 3.95. The Balaban J connectivity index is 2.02. The van der Waals surface area contributed by atoms with Crippen LogP contribution in [0, 0.1) is 5.82 Å². The molecule has 0 aliphatic carbocycles. The highest BCUT2D eigenvalue weighted by Crippen LogP contribution is 2.25. The van der Waals surface area contributed by atoms with E-state index in [0.29, 0.717) is 0 Å². The number of sulfonamides is 1. The zero-order valence-electron chi connectivity index (χ0n) is 18.1. The van der Waals surface area contributed by atoms with Crippen molar-refractivity contribution in [1.29, 1.82) is 0 Å². The third kappa shape index (κ3) is 5.19. The molecule has 0 unspecified atom stereocenters. The van der Waals surface area contributed by atoms with Crippen LogP contribution in [0.2, 0.25) is 0 Å². The van der Waals surface area contributed by atoms with Gasteiger partial charge in [-0.15, -0.1) is 0 Å². The van der Waals surface area contributed by atoms with E-state index in [0.717, 1.165) is 23.8 Å². The molecule has 1 aliphatic heterocycles. The first-order valence-electron chi connectivity index (χ1n) is 10.4. The van der Waals surface area contributed by atoms with Crippen LogP contribution in [0.4, 0.5) is 4.39 Å². The normalized spacial score (nSPS) is 18.1. The van der Waals surface area contributed by atoms with Gasteiger partial charge >= 0.3 is 0 Å². The van der Waals surface area contributed by atoms with Crippen molar-refractivity contribution in [2.24, 2.45) is 0 Å². The van der Waals surface area contributed by atoms with Gasteiger partial charge in [0.25, 0.3) is 5.91 Å². The molecule has 32 heavy (non-hydrogen) atoms. The second-order valence-electron chi connectivity index (χ2n) is 7.71. The lowest BCUT2D eigenvalue weighted by atomic mass is 10.1. The summed E-state index contributed by atoms with van der Waals surface area (Å²) in [6.07, 6.45) is 0.250. The number of carbonyl (C=O) groups is 1. The summed E-state index contributed by atoms with van der Waals surface area (Å²) in [4.78, 5) is 14.6. The first kappa shape index (κ1) is 24.3. The molecule has 1 amide bonds. The van der Waals surface area contributed by atoms with Crippen LogP contribution in [0.3, 0.4) is 0 Å². The summed E-state index contributed by atoms with van der Waals surface area (Å²) in [5.41, 5.74) is 0.371. The van der Waals surface area contributed by atoms with Crippen LogP contribution >= 0.6 is 0 Å². The Morgan fingerprint density at radius 1 is 1.09 bits per heavy atom. The average molecular weight is 483 g/mol. The van der Waals surface area contributed by atoms with Crippen molar-refractivity contribution in [3.63, 3.8) is 0 Å². The summed E-state index contributed by atoms with van der Waals surface area (Å²) >= 11 is 0. The van der Waals surface area contributed by atoms with E-state index in [1.165, 1.54) is 9.21 Å². The average Bonchev–Trinajstić information content (AvgIpc) is 3.12. The van der Waals surface area contributed by atoms with Gasteiger partial charge in [-0.2, -0.15) is 4.31 Å². The van der Waals surface area contributed by atoms with Gasteiger partial charge < -0.3 is 4.90 Å². The van der Waals surface area contributed by atoms with E-state index < -0.39 is 43.2 Å². The third-order valence-corrected chi connectivity index (χ3v) is 9.41. The van der Waals surface area contributed by atoms with Crippen molar-refractivity contribution in [3.05, 3.63) is 65.5 Å². The van der Waals surface area contributed by atoms with E-state index in [4.69, 9.17) is 0 Å². The lowest BCUT2D eigenvalue weighted by molar-refractivity contribution is 0.0676. The molecule has 1 saturated heterocycles. The van der Waals surface area contributed by atoms with Gasteiger partial charge in [0.2, 0.25) is 10.0 Å². The van der Waals surface area contributed by atoms with Gasteiger partial charge in [0.05, 0.1) is 22.0 Å². The largest absolute Gasteiger partial charge is 0.330 e. The maximum absolute atomic E-state index is 14.7. The van der Waals surface area contributed by atoms with E-state index in [1.54, 1.807) is 38.1 Å². The molecule has 0 saturated carbocycles. The Kier molecular flexibility index (Phi) is 7.36. The van der Waals surface area contributed by atoms with Gasteiger partial charge in [-0.25, -0.2) is 21.2 Å². The van der Waals surface area contributed by atoms with E-state index >= 15 is 0 Å². The van der Waals surface area contributed by atoms with Crippen LogP contribution in [-0.2, 0) is 26.4 Å². The molecule has 0 radical (unpaired) electrons. The molecule has 174 valence electrons. The first-order valence-corrected chi connectivity index (χ1v) is 13.7. The molecule has 2 aromatic rings. The topological polar surface area (TPSA) is 91.8 Å². The molecule has 0 spiro atoms. The smallest absolute Gasteiger partial charge is 0.257 e. The Hall–Kier alpha value is -2.30. The highest BCUT2D eigenvalue weighted by molar-refractivity contribution is 7.91. The van der Waals surface area contributed by atoms with Crippen LogP contribution in [-0.4, -0.2) is 62.6 Å². The van der Waals surface area contributed by atoms with Crippen LogP contribution in [0.15, 0.2) is 53.4 Å². The Morgan fingerprint density at radius 2 is 1.75 bits per heavy atom. The first-order chi connectivity index (χ1) is 15.1. The molecule has 2 aromatic carbocycles. The van der Waals surface area contributed by atoms with Crippen molar-refractivity contribution >= 4 is 25.8 Å². The monoisotopic (exact) mass is 482 g/mol. The van der Waals surface area contributed by atoms with Gasteiger partial charge in [-0.05, 0) is 30.2 Å². The van der Waals surface area contributed by atoms with Crippen molar-refractivity contribution in [3.8, 4) is 0 Å². The number of hydrogen-bond donors (Lipinski definition) is 0. The minimum atomic E-state index is -3.90. The summed E-state index contributed by atoms with van der Waals surface area (Å²) in [7, 11) is -7.19. The molecule has 10 heteroatoms. The van der Waals surface area contributed by atoms with Crippen LogP contribution in [0.1, 0.15) is 36.2 Å². The lowest BCUT2D eigenvalue weighted by Crippen LogP contribution is -2.41. The number of nitrogens with zero attached hydrogens (tertiary/aromatic N) is 2. The van der Waals surface area contributed by atoms with Crippen LogP contribution in [0.5, 0.6) is 0 Å². The molecule has 0 N–H and O–H groups in total. The Bertz CT molecular complexity index is 1180. The third-order valence-electron chi connectivity index (χ3n) is 5.62. The molecule has 3 rings (SSSR count). The molecule has 7 nitrogen and oxygen atoms in total. The van der Waals surface area contributed by atoms with Crippen LogP contribution < -0.4 is 0 Å². The molecule has 1 fully saturated rings. The number of carbonyl (C=O) groups excluding carboxylic acids is 1. The number of benzene rings is 2. The number of hydrogen-bond acceptors (Lipinski definition) is 5. The minimum Gasteiger partial charge on any atom is -0.330 e. The van der Waals surface area contributed by atoms with Gasteiger partial charge in [0, 0.05) is 25.7 Å². The molecule has 1 heterocycles. The second kappa shape index (κ2) is 9.68. The van der Waals surface area contributed by atoms with Crippen molar-refractivity contribution in [2.75, 3.05) is 24.6 Å². The Labute approximate surface area is 188 Å². The number of halogens is 1. The SMILES string of the molecule is CCN(CC)S(=O)(=O)c1ccc(F)c(C(=O)N(Cc2ccccc2)[C@H]2CCS(=O)(=O)C2)c1. The molecular weight excluding hydrogens is 455 g/mol. The Morgan fingerprint density at radius 3 is 2.31 bits per heavy atom. The van der Waals surface area contributed by atoms with Crippen molar-refractivity contribution in [2.45, 2.75) is 37.8 Å². The number of sulfone groups is 1. The predicted octanol–water partition coefficient (Wildman–Crippen LogP) is 2.69. The van der Waals surface area contributed by atoms with Gasteiger partial charge in [-0.3, -0.25) is 4.79 Å². The van der Waals surface area contributed by atoms with Gasteiger partial charge in [0.1, 0.15) is 5.82 Å². The second-order valence-corrected chi connectivity index (χ2v) is 11.9. The predicted molar refractivity (Wildman–Crippen MR) is 120 cm³/mol. The molecule has 0 bridgehead atoms. The van der Waals surface area contributed by atoms with E-state index in [-0.39, 0.29) is 42.5 Å². The van der Waals surface area contributed by atoms with E-state index in [9.17, 15) is 26.0 Å². The standard InChI is InChI=1S/C22H27FN2O5S2/c1-3-24(4-2)32(29,30)19-10-11-21(23)20(14-19)22(26)25(15-17-8-6-5-7-9-17)18-12-13-31(27,28)16-18/h5-11,14,18H,3-4,12-13,15-16H2,1-2H3/t18-/m0/s1. The van der Waals surface area contributed by atoms with Crippen molar-refractivity contribution in [1.82, 2.24) is 9.21 Å². The number of rotatable bonds is 8. The summed E-state index contributed by atoms with van der Waals surface area (Å²) in [6, 6.07) is 11.5. The zero-order chi connectivity index (χ0) is 23.5. The quantitative estimate of drug-likeness (QED) is 0.577. The van der Waals surface area contributed by atoms with Gasteiger partial charge in [-0.1, -0.05) is 44.2 Å². The zero-order valence-corrected chi connectivity index (χ0v) is 19.7. The van der Waals surface area contributed by atoms with E-state index in [2.05, 4.69) is 0 Å². The highest BCUT2D eigenvalue weighted by Gasteiger charge is 2.36. The maximum atomic E-state index is 14.7. The molecule has 0 aromatic heterocycles. The van der Waals surface area contributed by atoms with Crippen LogP contribution in [0.25, 0.3) is 0 Å². The fourth-order valence-corrected chi connectivity index (χ4v) is 7.08. The fraction of sp³-hybridized carbons (Fsp3) is 0.409. The molecular formula is C22H27FN2O5S2. The molecule has 1 aliphatic rings. The summed E-state index contributed by atoms with van der Waals surface area (Å²) in [5.74, 6) is -1.84. The highest BCUT2D eigenvalue weighted by atomic mass is 32.2. The minimum absolute atomic E-state index is 0.0465. The summed E-state index contributed by atoms with van der Waals surface area (Å²) < 4.78 is 65.8. The summed E-state index contributed by atoms with van der Waals surface area (Å²) in [5, 5.41) is 0. The maximum Gasteiger partial charge on any atom is 0.257 e. The van der Waals surface area contributed by atoms with E-state index in [1.807, 2.05) is 6.07 Å². The number of amides is 1. The fourth-order valence-electron chi connectivity index (χ4n) is 3.86. The molecule has 1 atom stereocenters. The lowest BCUT2D eigenvalue weighted by Gasteiger charge is -2.29.